The zero-order valence-electron chi connectivity index (χ0n) is 13.2. The highest BCUT2D eigenvalue weighted by Gasteiger charge is 2.42. The van der Waals surface area contributed by atoms with E-state index in [1.165, 1.54) is 4.90 Å². The summed E-state index contributed by atoms with van der Waals surface area (Å²) in [4.78, 5) is 26.3. The van der Waals surface area contributed by atoms with Gasteiger partial charge in [-0.1, -0.05) is 0 Å². The smallest absolute Gasteiger partial charge is 0.297 e. The van der Waals surface area contributed by atoms with Crippen LogP contribution < -0.4 is 9.47 Å². The second kappa shape index (κ2) is 6.42. The van der Waals surface area contributed by atoms with Gasteiger partial charge in [-0.15, -0.1) is 0 Å². The number of imide groups is 1. The van der Waals surface area contributed by atoms with Crippen molar-refractivity contribution in [1.29, 1.82) is 0 Å². The monoisotopic (exact) mass is 317 g/mol. The lowest BCUT2D eigenvalue weighted by Crippen LogP contribution is -2.44. The number of hydrogen-bond donors (Lipinski definition) is 0. The minimum absolute atomic E-state index is 0.103. The van der Waals surface area contributed by atoms with Crippen molar-refractivity contribution in [3.05, 3.63) is 35.6 Å². The minimum Gasteiger partial charge on any atom is -0.497 e. The van der Waals surface area contributed by atoms with Gasteiger partial charge < -0.3 is 14.2 Å². The second-order valence-electron chi connectivity index (χ2n) is 5.56. The minimum atomic E-state index is -0.366. The Morgan fingerprint density at radius 3 is 2.26 bits per heavy atom. The average molecular weight is 317 g/mol. The van der Waals surface area contributed by atoms with Crippen molar-refractivity contribution in [1.82, 2.24) is 4.90 Å². The van der Waals surface area contributed by atoms with Crippen molar-refractivity contribution >= 4 is 11.8 Å². The highest BCUT2D eigenvalue weighted by Crippen LogP contribution is 2.29. The lowest BCUT2D eigenvalue weighted by molar-refractivity contribution is -0.143. The highest BCUT2D eigenvalue weighted by atomic mass is 16.5. The van der Waals surface area contributed by atoms with E-state index in [4.69, 9.17) is 14.2 Å². The van der Waals surface area contributed by atoms with Crippen LogP contribution in [-0.2, 0) is 14.3 Å². The normalized spacial score (nSPS) is 19.5. The summed E-state index contributed by atoms with van der Waals surface area (Å²) in [5, 5.41) is 0. The molecule has 0 aromatic heterocycles. The molecule has 0 bridgehead atoms. The number of methoxy groups -OCH3 is 1. The Kier molecular flexibility index (Phi) is 4.34. The fourth-order valence-corrected chi connectivity index (χ4v) is 2.80. The summed E-state index contributed by atoms with van der Waals surface area (Å²) in [7, 11) is 1.58. The Balaban J connectivity index is 1.78. The maximum Gasteiger partial charge on any atom is 0.297 e. The molecule has 6 nitrogen and oxygen atoms in total. The van der Waals surface area contributed by atoms with Gasteiger partial charge in [-0.05, 0) is 44.0 Å². The van der Waals surface area contributed by atoms with Crippen LogP contribution in [0.15, 0.2) is 35.6 Å². The molecule has 0 radical (unpaired) electrons. The van der Waals surface area contributed by atoms with E-state index in [2.05, 4.69) is 0 Å². The maximum absolute atomic E-state index is 12.6. The van der Waals surface area contributed by atoms with Crippen LogP contribution in [0.1, 0.15) is 19.8 Å². The molecule has 2 aliphatic rings. The quantitative estimate of drug-likeness (QED) is 0.794. The molecule has 1 fully saturated rings. The molecule has 1 aromatic rings. The fourth-order valence-electron chi connectivity index (χ4n) is 2.80. The van der Waals surface area contributed by atoms with Crippen molar-refractivity contribution in [2.75, 3.05) is 20.3 Å². The molecular formula is C17H19NO5. The van der Waals surface area contributed by atoms with Gasteiger partial charge in [-0.2, -0.15) is 0 Å². The van der Waals surface area contributed by atoms with Crippen molar-refractivity contribution in [3.8, 4) is 11.5 Å². The largest absolute Gasteiger partial charge is 0.497 e. The number of rotatable bonds is 4. The summed E-state index contributed by atoms with van der Waals surface area (Å²) in [5.41, 5.74) is 0.345. The van der Waals surface area contributed by atoms with Gasteiger partial charge in [0.1, 0.15) is 11.5 Å². The summed E-state index contributed by atoms with van der Waals surface area (Å²) in [6.45, 7) is 2.75. The number of amides is 2. The van der Waals surface area contributed by atoms with Crippen LogP contribution >= 0.6 is 0 Å². The van der Waals surface area contributed by atoms with Crippen LogP contribution in [0.3, 0.4) is 0 Å². The number of hydrogen-bond acceptors (Lipinski definition) is 5. The SMILES string of the molecule is COc1ccc(OC2=C(C)C(=O)N(C3CCOCC3)C2=O)cc1. The molecule has 0 atom stereocenters. The first-order chi connectivity index (χ1) is 11.1. The Hall–Kier alpha value is -2.34. The van der Waals surface area contributed by atoms with Crippen LogP contribution in [0, 0.1) is 0 Å². The van der Waals surface area contributed by atoms with E-state index in [9.17, 15) is 9.59 Å². The molecule has 0 saturated carbocycles. The van der Waals surface area contributed by atoms with Gasteiger partial charge in [0, 0.05) is 19.3 Å². The molecule has 0 N–H and O–H groups in total. The van der Waals surface area contributed by atoms with Crippen molar-refractivity contribution in [2.45, 2.75) is 25.8 Å². The van der Waals surface area contributed by atoms with Crippen LogP contribution in [-0.4, -0.2) is 43.1 Å². The molecule has 3 rings (SSSR count). The lowest BCUT2D eigenvalue weighted by Gasteiger charge is -2.29. The van der Waals surface area contributed by atoms with E-state index in [0.29, 0.717) is 43.1 Å². The van der Waals surface area contributed by atoms with Gasteiger partial charge >= 0.3 is 0 Å². The number of carbonyl (C=O) groups is 2. The summed E-state index contributed by atoms with van der Waals surface area (Å²) < 4.78 is 16.1. The topological polar surface area (TPSA) is 65.1 Å². The van der Waals surface area contributed by atoms with Crippen LogP contribution in [0.5, 0.6) is 11.5 Å². The van der Waals surface area contributed by atoms with Gasteiger partial charge in [-0.3, -0.25) is 14.5 Å². The molecule has 2 amide bonds. The van der Waals surface area contributed by atoms with Crippen LogP contribution in [0.25, 0.3) is 0 Å². The Morgan fingerprint density at radius 2 is 1.65 bits per heavy atom. The second-order valence-corrected chi connectivity index (χ2v) is 5.56. The van der Waals surface area contributed by atoms with E-state index in [-0.39, 0.29) is 23.6 Å². The Bertz CT molecular complexity index is 643. The van der Waals surface area contributed by atoms with Crippen molar-refractivity contribution in [2.24, 2.45) is 0 Å². The zero-order chi connectivity index (χ0) is 16.4. The first kappa shape index (κ1) is 15.6. The average Bonchev–Trinajstić information content (AvgIpc) is 2.80. The summed E-state index contributed by atoms with van der Waals surface area (Å²) in [5.74, 6) is 0.656. The van der Waals surface area contributed by atoms with Gasteiger partial charge in [-0.25, -0.2) is 0 Å². The first-order valence-corrected chi connectivity index (χ1v) is 7.60. The highest BCUT2D eigenvalue weighted by molar-refractivity contribution is 6.18. The molecular weight excluding hydrogens is 298 g/mol. The molecule has 2 heterocycles. The molecule has 122 valence electrons. The summed E-state index contributed by atoms with van der Waals surface area (Å²) in [6, 6.07) is 6.77. The zero-order valence-corrected chi connectivity index (χ0v) is 13.2. The molecule has 2 aliphatic heterocycles. The van der Waals surface area contributed by atoms with E-state index in [1.54, 1.807) is 38.3 Å². The van der Waals surface area contributed by atoms with E-state index in [1.807, 2.05) is 0 Å². The number of carbonyl (C=O) groups excluding carboxylic acids is 2. The maximum atomic E-state index is 12.6. The molecule has 1 saturated heterocycles. The van der Waals surface area contributed by atoms with E-state index < -0.39 is 0 Å². The third-order valence-corrected chi connectivity index (χ3v) is 4.13. The number of nitrogens with zero attached hydrogens (tertiary/aromatic N) is 1. The van der Waals surface area contributed by atoms with Gasteiger partial charge in [0.05, 0.1) is 12.7 Å². The fraction of sp³-hybridized carbons (Fsp3) is 0.412. The van der Waals surface area contributed by atoms with Crippen LogP contribution in [0.2, 0.25) is 0 Å². The summed E-state index contributed by atoms with van der Waals surface area (Å²) in [6.07, 6.45) is 1.33. The third kappa shape index (κ3) is 2.94. The molecule has 0 spiro atoms. The number of ether oxygens (including phenoxy) is 3. The van der Waals surface area contributed by atoms with E-state index >= 15 is 0 Å². The Morgan fingerprint density at radius 1 is 1.04 bits per heavy atom. The van der Waals surface area contributed by atoms with Crippen molar-refractivity contribution in [3.63, 3.8) is 0 Å². The van der Waals surface area contributed by atoms with Crippen LogP contribution in [0.4, 0.5) is 0 Å². The number of benzene rings is 1. The predicted octanol–water partition coefficient (Wildman–Crippen LogP) is 1.90. The van der Waals surface area contributed by atoms with E-state index in [0.717, 1.165) is 0 Å². The lowest BCUT2D eigenvalue weighted by atomic mass is 10.1. The molecule has 1 aromatic carbocycles. The van der Waals surface area contributed by atoms with Gasteiger partial charge in [0.15, 0.2) is 0 Å². The Labute approximate surface area is 134 Å². The van der Waals surface area contributed by atoms with Crippen molar-refractivity contribution < 1.29 is 23.8 Å². The predicted molar refractivity (Wildman–Crippen MR) is 82.0 cm³/mol. The molecule has 0 aliphatic carbocycles. The standard InChI is InChI=1S/C17H19NO5/c1-11-15(23-14-5-3-13(21-2)4-6-14)17(20)18(16(11)19)12-7-9-22-10-8-12/h3-6,12H,7-10H2,1-2H3. The molecule has 6 heteroatoms. The summed E-state index contributed by atoms with van der Waals surface area (Å²) >= 11 is 0. The molecule has 0 unspecified atom stereocenters. The first-order valence-electron chi connectivity index (χ1n) is 7.60. The molecule has 23 heavy (non-hydrogen) atoms. The van der Waals surface area contributed by atoms with Gasteiger partial charge in [0.25, 0.3) is 11.8 Å². The third-order valence-electron chi connectivity index (χ3n) is 4.13. The van der Waals surface area contributed by atoms with Gasteiger partial charge in [0.2, 0.25) is 5.76 Å².